The predicted molar refractivity (Wildman–Crippen MR) is 52.1 cm³/mol. The Labute approximate surface area is 77.9 Å². The smallest absolute Gasteiger partial charge is 0.231 e. The van der Waals surface area contributed by atoms with E-state index in [1.807, 2.05) is 37.3 Å². The van der Waals surface area contributed by atoms with E-state index in [4.69, 9.17) is 5.73 Å². The van der Waals surface area contributed by atoms with Crippen LogP contribution >= 0.6 is 0 Å². The third kappa shape index (κ3) is 3.25. The van der Waals surface area contributed by atoms with Gasteiger partial charge >= 0.3 is 0 Å². The van der Waals surface area contributed by atoms with Crippen molar-refractivity contribution in [3.63, 3.8) is 0 Å². The van der Waals surface area contributed by atoms with Gasteiger partial charge in [0.05, 0.1) is 6.54 Å². The van der Waals surface area contributed by atoms with E-state index < -0.39 is 0 Å². The lowest BCUT2D eigenvalue weighted by Gasteiger charge is -2.12. The van der Waals surface area contributed by atoms with Crippen LogP contribution in [0.15, 0.2) is 30.3 Å². The predicted octanol–water partition coefficient (Wildman–Crippen LogP) is 0.823. The van der Waals surface area contributed by atoms with Crippen LogP contribution in [0, 0.1) is 0 Å². The maximum Gasteiger partial charge on any atom is 0.231 e. The number of hydrogen-bond acceptors (Lipinski definition) is 2. The highest BCUT2D eigenvalue weighted by atomic mass is 16.1. The summed E-state index contributed by atoms with van der Waals surface area (Å²) in [6.45, 7) is 2.22. The van der Waals surface area contributed by atoms with Gasteiger partial charge in [-0.1, -0.05) is 30.3 Å². The lowest BCUT2D eigenvalue weighted by atomic mass is 10.1. The van der Waals surface area contributed by atoms with Gasteiger partial charge in [0.1, 0.15) is 0 Å². The van der Waals surface area contributed by atoms with Crippen LogP contribution in [0.5, 0.6) is 0 Å². The molecular formula is C10H14N2O. The Bertz CT molecular complexity index is 272. The minimum Gasteiger partial charge on any atom is -0.369 e. The summed E-state index contributed by atoms with van der Waals surface area (Å²) in [7, 11) is 0. The van der Waals surface area contributed by atoms with Crippen LogP contribution in [-0.2, 0) is 4.79 Å². The Hall–Kier alpha value is -1.35. The second-order valence-electron chi connectivity index (χ2n) is 2.98. The first-order valence-electron chi connectivity index (χ1n) is 4.27. The van der Waals surface area contributed by atoms with Crippen molar-refractivity contribution in [3.8, 4) is 0 Å². The molecule has 0 radical (unpaired) electrons. The molecule has 0 fully saturated rings. The molecule has 0 spiro atoms. The van der Waals surface area contributed by atoms with Crippen molar-refractivity contribution in [1.29, 1.82) is 0 Å². The number of amides is 1. The first-order chi connectivity index (χ1) is 6.20. The van der Waals surface area contributed by atoms with Gasteiger partial charge in [-0.05, 0) is 12.5 Å². The zero-order chi connectivity index (χ0) is 9.68. The molecule has 1 atom stereocenters. The first kappa shape index (κ1) is 9.74. The van der Waals surface area contributed by atoms with Crippen LogP contribution in [0.4, 0.5) is 0 Å². The topological polar surface area (TPSA) is 55.1 Å². The lowest BCUT2D eigenvalue weighted by Crippen LogP contribution is -2.30. The Morgan fingerprint density at radius 1 is 1.46 bits per heavy atom. The van der Waals surface area contributed by atoms with Crippen LogP contribution in [0.3, 0.4) is 0 Å². The Morgan fingerprint density at radius 2 is 2.08 bits per heavy atom. The molecule has 0 heterocycles. The molecule has 3 nitrogen and oxygen atoms in total. The fourth-order valence-corrected chi connectivity index (χ4v) is 1.11. The monoisotopic (exact) mass is 178 g/mol. The molecule has 0 aliphatic heterocycles. The molecule has 1 aromatic carbocycles. The van der Waals surface area contributed by atoms with Crippen LogP contribution in [0.2, 0.25) is 0 Å². The van der Waals surface area contributed by atoms with E-state index in [1.165, 1.54) is 0 Å². The number of rotatable bonds is 4. The summed E-state index contributed by atoms with van der Waals surface area (Å²) in [6, 6.07) is 10.1. The number of carbonyl (C=O) groups excluding carboxylic acids is 1. The second kappa shape index (κ2) is 4.62. The van der Waals surface area contributed by atoms with Crippen LogP contribution < -0.4 is 11.1 Å². The quantitative estimate of drug-likeness (QED) is 0.717. The number of primary amides is 1. The summed E-state index contributed by atoms with van der Waals surface area (Å²) in [6.07, 6.45) is 0. The minimum atomic E-state index is -0.331. The number of nitrogens with two attached hydrogens (primary N) is 1. The summed E-state index contributed by atoms with van der Waals surface area (Å²) in [4.78, 5) is 10.5. The summed E-state index contributed by atoms with van der Waals surface area (Å²) in [5.74, 6) is -0.331. The highest BCUT2D eigenvalue weighted by Gasteiger charge is 2.03. The van der Waals surface area contributed by atoms with E-state index in [9.17, 15) is 4.79 Å². The molecule has 0 saturated carbocycles. The Kier molecular flexibility index (Phi) is 3.46. The van der Waals surface area contributed by atoms with Gasteiger partial charge in [0, 0.05) is 6.04 Å². The van der Waals surface area contributed by atoms with E-state index >= 15 is 0 Å². The summed E-state index contributed by atoms with van der Waals surface area (Å²) in [5, 5.41) is 3.02. The average Bonchev–Trinajstić information content (AvgIpc) is 2.15. The fraction of sp³-hybridized carbons (Fsp3) is 0.300. The van der Waals surface area contributed by atoms with Crippen molar-refractivity contribution >= 4 is 5.91 Å². The number of benzene rings is 1. The van der Waals surface area contributed by atoms with Crippen LogP contribution in [0.1, 0.15) is 18.5 Å². The van der Waals surface area contributed by atoms with E-state index in [1.54, 1.807) is 0 Å². The molecule has 3 heteroatoms. The first-order valence-corrected chi connectivity index (χ1v) is 4.27. The van der Waals surface area contributed by atoms with Crippen molar-refractivity contribution in [2.45, 2.75) is 13.0 Å². The normalized spacial score (nSPS) is 12.4. The minimum absolute atomic E-state index is 0.161. The van der Waals surface area contributed by atoms with Gasteiger partial charge in [-0.2, -0.15) is 0 Å². The molecule has 70 valence electrons. The third-order valence-corrected chi connectivity index (χ3v) is 1.88. The number of hydrogen-bond donors (Lipinski definition) is 2. The zero-order valence-corrected chi connectivity index (χ0v) is 7.66. The van der Waals surface area contributed by atoms with Crippen LogP contribution in [-0.4, -0.2) is 12.5 Å². The molecule has 1 rings (SSSR count). The molecule has 0 aromatic heterocycles. The van der Waals surface area contributed by atoms with Gasteiger partial charge in [0.15, 0.2) is 0 Å². The van der Waals surface area contributed by atoms with Gasteiger partial charge in [0.2, 0.25) is 5.91 Å². The van der Waals surface area contributed by atoms with Crippen molar-refractivity contribution in [1.82, 2.24) is 5.32 Å². The SMILES string of the molecule is CC(NCC(N)=O)c1ccccc1. The van der Waals surface area contributed by atoms with Gasteiger partial charge in [0.25, 0.3) is 0 Å². The fourth-order valence-electron chi connectivity index (χ4n) is 1.11. The summed E-state index contributed by atoms with van der Waals surface area (Å²) in [5.41, 5.74) is 6.17. The molecule has 0 aliphatic carbocycles. The summed E-state index contributed by atoms with van der Waals surface area (Å²) >= 11 is 0. The molecule has 0 saturated heterocycles. The number of nitrogens with one attached hydrogen (secondary N) is 1. The average molecular weight is 178 g/mol. The molecule has 13 heavy (non-hydrogen) atoms. The Balaban J connectivity index is 2.49. The molecule has 1 unspecified atom stereocenters. The molecule has 0 bridgehead atoms. The van der Waals surface area contributed by atoms with Crippen molar-refractivity contribution in [2.75, 3.05) is 6.54 Å². The summed E-state index contributed by atoms with van der Waals surface area (Å²) < 4.78 is 0. The van der Waals surface area contributed by atoms with Gasteiger partial charge in [-0.25, -0.2) is 0 Å². The van der Waals surface area contributed by atoms with Gasteiger partial charge in [-0.15, -0.1) is 0 Å². The maximum atomic E-state index is 10.5. The third-order valence-electron chi connectivity index (χ3n) is 1.88. The Morgan fingerprint density at radius 3 is 2.62 bits per heavy atom. The largest absolute Gasteiger partial charge is 0.369 e. The van der Waals surface area contributed by atoms with E-state index in [0.717, 1.165) is 5.56 Å². The second-order valence-corrected chi connectivity index (χ2v) is 2.98. The zero-order valence-electron chi connectivity index (χ0n) is 7.66. The number of carbonyl (C=O) groups is 1. The standard InChI is InChI=1S/C10H14N2O/c1-8(12-7-10(11)13)9-5-3-2-4-6-9/h2-6,8,12H,7H2,1H3,(H2,11,13). The van der Waals surface area contributed by atoms with E-state index in [-0.39, 0.29) is 18.5 Å². The van der Waals surface area contributed by atoms with Crippen LogP contribution in [0.25, 0.3) is 0 Å². The molecule has 0 aliphatic rings. The molecule has 3 N–H and O–H groups in total. The van der Waals surface area contributed by atoms with E-state index in [0.29, 0.717) is 0 Å². The molecule has 1 amide bonds. The van der Waals surface area contributed by atoms with Crippen molar-refractivity contribution < 1.29 is 4.79 Å². The van der Waals surface area contributed by atoms with E-state index in [2.05, 4.69) is 5.32 Å². The maximum absolute atomic E-state index is 10.5. The highest BCUT2D eigenvalue weighted by molar-refractivity contribution is 5.75. The highest BCUT2D eigenvalue weighted by Crippen LogP contribution is 2.09. The molecule has 1 aromatic rings. The van der Waals surface area contributed by atoms with Gasteiger partial charge in [-0.3, -0.25) is 4.79 Å². The van der Waals surface area contributed by atoms with Gasteiger partial charge < -0.3 is 11.1 Å². The molecular weight excluding hydrogens is 164 g/mol. The van der Waals surface area contributed by atoms with Crippen molar-refractivity contribution in [3.05, 3.63) is 35.9 Å². The lowest BCUT2D eigenvalue weighted by molar-refractivity contribution is -0.117. The van der Waals surface area contributed by atoms with Crippen molar-refractivity contribution in [2.24, 2.45) is 5.73 Å².